The first-order valence-electron chi connectivity index (χ1n) is 9.01. The van der Waals surface area contributed by atoms with Gasteiger partial charge in [0.05, 0.1) is 4.90 Å². The first-order valence-corrected chi connectivity index (χ1v) is 10.5. The maximum absolute atomic E-state index is 12.2. The molecule has 4 N–H and O–H groups in total. The van der Waals surface area contributed by atoms with Gasteiger partial charge in [0.1, 0.15) is 5.60 Å². The number of aliphatic imine (C=N–C) groups is 1. The summed E-state index contributed by atoms with van der Waals surface area (Å²) in [5, 5.41) is 8.64. The van der Waals surface area contributed by atoms with E-state index < -0.39 is 21.7 Å². The van der Waals surface area contributed by atoms with E-state index in [2.05, 4.69) is 25.7 Å². The molecule has 1 aromatic rings. The van der Waals surface area contributed by atoms with Gasteiger partial charge in [-0.15, -0.1) is 24.0 Å². The Labute approximate surface area is 190 Å². The van der Waals surface area contributed by atoms with Crippen molar-refractivity contribution in [1.82, 2.24) is 20.7 Å². The van der Waals surface area contributed by atoms with Crippen molar-refractivity contribution in [2.24, 2.45) is 4.99 Å². The summed E-state index contributed by atoms with van der Waals surface area (Å²) >= 11 is 0. The van der Waals surface area contributed by atoms with Crippen molar-refractivity contribution in [3.05, 3.63) is 29.8 Å². The van der Waals surface area contributed by atoms with Gasteiger partial charge in [0.15, 0.2) is 5.96 Å². The van der Waals surface area contributed by atoms with Gasteiger partial charge in [-0.3, -0.25) is 4.99 Å². The molecule has 1 aromatic carbocycles. The summed E-state index contributed by atoms with van der Waals surface area (Å²) in [5.74, 6) is 0.500. The average Bonchev–Trinajstić information content (AvgIpc) is 2.59. The minimum atomic E-state index is -3.54. The van der Waals surface area contributed by atoms with Crippen LogP contribution >= 0.6 is 24.0 Å². The number of amides is 1. The fraction of sp³-hybridized carbons (Fsp3) is 0.556. The van der Waals surface area contributed by atoms with E-state index in [0.717, 1.165) is 5.56 Å². The molecule has 0 bridgehead atoms. The van der Waals surface area contributed by atoms with E-state index in [1.807, 2.05) is 6.92 Å². The van der Waals surface area contributed by atoms with Crippen molar-refractivity contribution in [2.75, 3.05) is 33.2 Å². The van der Waals surface area contributed by atoms with E-state index in [4.69, 9.17) is 4.74 Å². The lowest BCUT2D eigenvalue weighted by atomic mass is 10.2. The zero-order valence-corrected chi connectivity index (χ0v) is 20.7. The van der Waals surface area contributed by atoms with Gasteiger partial charge in [0.25, 0.3) is 0 Å². The van der Waals surface area contributed by atoms with Gasteiger partial charge in [-0.05, 0) is 39.8 Å². The molecule has 0 aromatic heterocycles. The number of carbonyl (C=O) groups excluding carboxylic acids is 1. The molecule has 166 valence electrons. The highest BCUT2D eigenvalue weighted by Gasteiger charge is 2.15. The van der Waals surface area contributed by atoms with Crippen LogP contribution in [0.25, 0.3) is 0 Å². The SMILES string of the molecule is CN=C(NCCNC(=O)OC(C)(C)C)NCCNS(=O)(=O)c1ccc(C)cc1.I. The molecule has 29 heavy (non-hydrogen) atoms. The third-order valence-corrected chi connectivity index (χ3v) is 4.83. The second-order valence-electron chi connectivity index (χ2n) is 7.07. The van der Waals surface area contributed by atoms with E-state index >= 15 is 0 Å². The van der Waals surface area contributed by atoms with E-state index in [-0.39, 0.29) is 35.4 Å². The van der Waals surface area contributed by atoms with Crippen molar-refractivity contribution in [1.29, 1.82) is 0 Å². The second kappa shape index (κ2) is 12.9. The number of aryl methyl sites for hydroxylation is 1. The fourth-order valence-corrected chi connectivity index (χ4v) is 3.08. The van der Waals surface area contributed by atoms with Crippen molar-refractivity contribution in [2.45, 2.75) is 38.2 Å². The predicted molar refractivity (Wildman–Crippen MR) is 125 cm³/mol. The quantitative estimate of drug-likeness (QED) is 0.172. The third kappa shape index (κ3) is 11.9. The Morgan fingerprint density at radius 3 is 2.03 bits per heavy atom. The van der Waals surface area contributed by atoms with Crippen LogP contribution in [0.4, 0.5) is 4.79 Å². The van der Waals surface area contributed by atoms with Crippen molar-refractivity contribution in [3.8, 4) is 0 Å². The summed E-state index contributed by atoms with van der Waals surface area (Å²) < 4.78 is 32.1. The molecule has 0 aliphatic carbocycles. The number of hydrogen-bond donors (Lipinski definition) is 4. The van der Waals surface area contributed by atoms with Gasteiger partial charge in [-0.2, -0.15) is 0 Å². The van der Waals surface area contributed by atoms with Crippen LogP contribution in [0.1, 0.15) is 26.3 Å². The van der Waals surface area contributed by atoms with Crippen molar-refractivity contribution in [3.63, 3.8) is 0 Å². The smallest absolute Gasteiger partial charge is 0.407 e. The summed E-state index contributed by atoms with van der Waals surface area (Å²) in [6, 6.07) is 6.65. The molecule has 0 saturated carbocycles. The number of guanidine groups is 1. The molecule has 0 unspecified atom stereocenters. The van der Waals surface area contributed by atoms with Gasteiger partial charge >= 0.3 is 6.09 Å². The van der Waals surface area contributed by atoms with Crippen LogP contribution < -0.4 is 20.7 Å². The van der Waals surface area contributed by atoms with E-state index in [0.29, 0.717) is 25.6 Å². The number of carbonyl (C=O) groups is 1. The van der Waals surface area contributed by atoms with E-state index in [1.165, 1.54) is 0 Å². The maximum Gasteiger partial charge on any atom is 0.407 e. The monoisotopic (exact) mass is 541 g/mol. The lowest BCUT2D eigenvalue weighted by Crippen LogP contribution is -2.44. The largest absolute Gasteiger partial charge is 0.444 e. The molecule has 0 heterocycles. The molecule has 9 nitrogen and oxygen atoms in total. The zero-order valence-electron chi connectivity index (χ0n) is 17.5. The lowest BCUT2D eigenvalue weighted by Gasteiger charge is -2.20. The second-order valence-corrected chi connectivity index (χ2v) is 8.83. The average molecular weight is 541 g/mol. The molecule has 1 amide bonds. The fourth-order valence-electron chi connectivity index (χ4n) is 2.05. The molecule has 0 saturated heterocycles. The molecule has 0 aliphatic rings. The van der Waals surface area contributed by atoms with Gasteiger partial charge in [0.2, 0.25) is 10.0 Å². The standard InChI is InChI=1S/C18H31N5O4S.HI/c1-14-6-8-15(9-7-14)28(25,26)23-13-12-21-16(19-5)20-10-11-22-17(24)27-18(2,3)4;/h6-9,23H,10-13H2,1-5H3,(H,22,24)(H2,19,20,21);1H. The highest BCUT2D eigenvalue weighted by atomic mass is 127. The molecule has 1 rings (SSSR count). The Morgan fingerprint density at radius 2 is 1.52 bits per heavy atom. The number of rotatable bonds is 8. The Morgan fingerprint density at radius 1 is 1.00 bits per heavy atom. The number of ether oxygens (including phenoxy) is 1. The van der Waals surface area contributed by atoms with Crippen LogP contribution in [0.15, 0.2) is 34.2 Å². The van der Waals surface area contributed by atoms with Crippen LogP contribution in [0, 0.1) is 6.92 Å². The highest BCUT2D eigenvalue weighted by molar-refractivity contribution is 14.0. The first kappa shape index (κ1) is 27.4. The summed E-state index contributed by atoms with van der Waals surface area (Å²) in [5.41, 5.74) is 0.456. The number of nitrogens with zero attached hydrogens (tertiary/aromatic N) is 1. The molecular weight excluding hydrogens is 509 g/mol. The Balaban J connectivity index is 0.00000784. The molecule has 0 aliphatic heterocycles. The van der Waals surface area contributed by atoms with Gasteiger partial charge in [0, 0.05) is 33.2 Å². The van der Waals surface area contributed by atoms with Crippen LogP contribution in [0.3, 0.4) is 0 Å². The molecule has 0 radical (unpaired) electrons. The van der Waals surface area contributed by atoms with E-state index in [9.17, 15) is 13.2 Å². The maximum atomic E-state index is 12.2. The van der Waals surface area contributed by atoms with Crippen LogP contribution in [0.5, 0.6) is 0 Å². The summed E-state index contributed by atoms with van der Waals surface area (Å²) in [4.78, 5) is 15.8. The topological polar surface area (TPSA) is 121 Å². The summed E-state index contributed by atoms with van der Waals surface area (Å²) in [7, 11) is -1.93. The predicted octanol–water partition coefficient (Wildman–Crippen LogP) is 1.58. The Hall–Kier alpha value is -1.60. The van der Waals surface area contributed by atoms with Crippen molar-refractivity contribution < 1.29 is 17.9 Å². The summed E-state index contributed by atoms with van der Waals surface area (Å²) in [6.07, 6.45) is -0.484. The number of benzene rings is 1. The molecule has 0 atom stereocenters. The van der Waals surface area contributed by atoms with Gasteiger partial charge in [-0.1, -0.05) is 17.7 Å². The number of nitrogens with one attached hydrogen (secondary N) is 4. The molecule has 0 spiro atoms. The molecule has 0 fully saturated rings. The lowest BCUT2D eigenvalue weighted by molar-refractivity contribution is 0.0529. The zero-order chi connectivity index (χ0) is 21.2. The van der Waals surface area contributed by atoms with Gasteiger partial charge < -0.3 is 20.7 Å². The molecular formula is C18H32IN5O4S. The minimum Gasteiger partial charge on any atom is -0.444 e. The van der Waals surface area contributed by atoms with Crippen molar-refractivity contribution >= 4 is 46.1 Å². The van der Waals surface area contributed by atoms with Crippen LogP contribution in [0.2, 0.25) is 0 Å². The van der Waals surface area contributed by atoms with E-state index in [1.54, 1.807) is 52.1 Å². The third-order valence-electron chi connectivity index (χ3n) is 3.35. The van der Waals surface area contributed by atoms with Gasteiger partial charge in [-0.25, -0.2) is 17.9 Å². The normalized spacial score (nSPS) is 12.0. The number of halogens is 1. The van der Waals surface area contributed by atoms with Crippen LogP contribution in [-0.4, -0.2) is 59.3 Å². The minimum absolute atomic E-state index is 0. The first-order chi connectivity index (χ1) is 13.0. The Kier molecular flexibility index (Phi) is 12.1. The van der Waals surface area contributed by atoms with Crippen LogP contribution in [-0.2, 0) is 14.8 Å². The Bertz CT molecular complexity index is 761. The summed E-state index contributed by atoms with van der Waals surface area (Å²) in [6.45, 7) is 8.63. The highest BCUT2D eigenvalue weighted by Crippen LogP contribution is 2.09. The number of sulfonamides is 1. The molecule has 11 heteroatoms. The number of alkyl carbamates (subject to hydrolysis) is 1. The number of hydrogen-bond acceptors (Lipinski definition) is 5.